The van der Waals surface area contributed by atoms with Gasteiger partial charge in [0.25, 0.3) is 0 Å². The second-order valence-electron chi connectivity index (χ2n) is 9.77. The molecule has 0 bridgehead atoms. The number of hydrogen-bond donors (Lipinski definition) is 1. The number of hydrogen-bond acceptors (Lipinski definition) is 5. The van der Waals surface area contributed by atoms with Gasteiger partial charge in [0.2, 0.25) is 0 Å². The zero-order valence-electron chi connectivity index (χ0n) is 22.5. The molecule has 0 radical (unpaired) electrons. The van der Waals surface area contributed by atoms with Crippen LogP contribution in [0.15, 0.2) is 60.7 Å². The summed E-state index contributed by atoms with van der Waals surface area (Å²) in [5.41, 5.74) is 4.95. The Hall–Kier alpha value is -3.77. The summed E-state index contributed by atoms with van der Waals surface area (Å²) >= 11 is 0. The molecule has 1 fully saturated rings. The molecule has 38 heavy (non-hydrogen) atoms. The van der Waals surface area contributed by atoms with Crippen LogP contribution in [0.2, 0.25) is 0 Å². The molecule has 0 aliphatic carbocycles. The third-order valence-electron chi connectivity index (χ3n) is 7.42. The summed E-state index contributed by atoms with van der Waals surface area (Å²) in [7, 11) is 3.31. The predicted octanol–water partition coefficient (Wildman–Crippen LogP) is 6.51. The lowest BCUT2D eigenvalue weighted by atomic mass is 9.94. The van der Waals surface area contributed by atoms with Crippen LogP contribution in [-0.4, -0.2) is 56.1 Å². The number of aromatic nitrogens is 1. The van der Waals surface area contributed by atoms with E-state index in [9.17, 15) is 4.79 Å². The summed E-state index contributed by atoms with van der Waals surface area (Å²) in [4.78, 5) is 20.0. The number of methoxy groups -OCH3 is 2. The predicted molar refractivity (Wildman–Crippen MR) is 152 cm³/mol. The maximum Gasteiger partial charge on any atom is 0.195 e. The Bertz CT molecular complexity index is 1380. The Labute approximate surface area is 224 Å². The molecule has 6 heteroatoms. The van der Waals surface area contributed by atoms with Crippen LogP contribution in [-0.2, 0) is 6.42 Å². The zero-order chi connectivity index (χ0) is 26.5. The smallest absolute Gasteiger partial charge is 0.195 e. The van der Waals surface area contributed by atoms with E-state index in [1.807, 2.05) is 60.7 Å². The molecule has 0 amide bonds. The summed E-state index contributed by atoms with van der Waals surface area (Å²) in [6, 6.07) is 19.3. The largest absolute Gasteiger partial charge is 0.497 e. The Morgan fingerprint density at radius 3 is 2.21 bits per heavy atom. The molecule has 1 aromatic heterocycles. The molecular formula is C32H36N2O4. The maximum absolute atomic E-state index is 14.1. The average Bonchev–Trinajstić information content (AvgIpc) is 3.36. The number of ketones is 1. The molecule has 0 unspecified atom stereocenters. The molecule has 3 aromatic carbocycles. The standard InChI is InChI=1S/C32H36N2O4/c1-4-22-20-27(37-3)21-28-29(22)30(31(33-28)23-8-12-25(36-2)13-9-23)32(35)24-10-14-26(15-11-24)38-19-18-34-16-6-5-7-17-34/h8-15,20-21,33H,4-7,16-19H2,1-3H3. The fourth-order valence-electron chi connectivity index (χ4n) is 5.31. The first-order valence-corrected chi connectivity index (χ1v) is 13.5. The third kappa shape index (κ3) is 5.41. The van der Waals surface area contributed by atoms with Crippen molar-refractivity contribution in [3.05, 3.63) is 77.4 Å². The highest BCUT2D eigenvalue weighted by Crippen LogP contribution is 2.37. The van der Waals surface area contributed by atoms with Gasteiger partial charge in [0.15, 0.2) is 5.78 Å². The number of fused-ring (bicyclic) bond motifs is 1. The lowest BCUT2D eigenvalue weighted by Gasteiger charge is -2.26. The quantitative estimate of drug-likeness (QED) is 0.245. The molecule has 6 nitrogen and oxygen atoms in total. The van der Waals surface area contributed by atoms with E-state index in [1.54, 1.807) is 14.2 Å². The normalized spacial score (nSPS) is 14.0. The first-order chi connectivity index (χ1) is 18.6. The van der Waals surface area contributed by atoms with E-state index >= 15 is 0 Å². The molecule has 2 heterocycles. The second kappa shape index (κ2) is 11.7. The van der Waals surface area contributed by atoms with Gasteiger partial charge in [-0.05, 0) is 98.1 Å². The molecular weight excluding hydrogens is 476 g/mol. The van der Waals surface area contributed by atoms with E-state index in [4.69, 9.17) is 14.2 Å². The van der Waals surface area contributed by atoms with Crippen LogP contribution in [0, 0.1) is 0 Å². The summed E-state index contributed by atoms with van der Waals surface area (Å²) in [5, 5.41) is 0.936. The van der Waals surface area contributed by atoms with Crippen molar-refractivity contribution < 1.29 is 19.0 Å². The van der Waals surface area contributed by atoms with E-state index in [0.717, 1.165) is 71.0 Å². The highest BCUT2D eigenvalue weighted by molar-refractivity contribution is 6.21. The van der Waals surface area contributed by atoms with Crippen LogP contribution in [0.1, 0.15) is 47.7 Å². The Kier molecular flexibility index (Phi) is 7.99. The molecule has 0 atom stereocenters. The number of likely N-dealkylation sites (tertiary alicyclic amines) is 1. The molecule has 198 valence electrons. The Morgan fingerprint density at radius 1 is 0.868 bits per heavy atom. The number of piperidine rings is 1. The summed E-state index contributed by atoms with van der Waals surface area (Å²) in [6.07, 6.45) is 4.65. The number of ether oxygens (including phenoxy) is 3. The molecule has 5 rings (SSSR count). The molecule has 4 aromatic rings. The molecule has 1 N–H and O–H groups in total. The Morgan fingerprint density at radius 2 is 1.55 bits per heavy atom. The molecule has 1 aliphatic rings. The van der Waals surface area contributed by atoms with Crippen LogP contribution in [0.25, 0.3) is 22.2 Å². The van der Waals surface area contributed by atoms with Crippen molar-refractivity contribution in [2.75, 3.05) is 40.5 Å². The summed E-state index contributed by atoms with van der Waals surface area (Å²) in [6.45, 7) is 6.00. The number of H-pyrrole nitrogens is 1. The van der Waals surface area contributed by atoms with Gasteiger partial charge in [0, 0.05) is 23.6 Å². The van der Waals surface area contributed by atoms with Gasteiger partial charge >= 0.3 is 0 Å². The highest BCUT2D eigenvalue weighted by Gasteiger charge is 2.24. The van der Waals surface area contributed by atoms with Crippen molar-refractivity contribution in [3.63, 3.8) is 0 Å². The fraction of sp³-hybridized carbons (Fsp3) is 0.344. The van der Waals surface area contributed by atoms with Gasteiger partial charge in [-0.25, -0.2) is 0 Å². The Balaban J connectivity index is 1.46. The van der Waals surface area contributed by atoms with Crippen molar-refractivity contribution in [2.45, 2.75) is 32.6 Å². The van der Waals surface area contributed by atoms with Crippen molar-refractivity contribution in [2.24, 2.45) is 0 Å². The maximum atomic E-state index is 14.1. The van der Waals surface area contributed by atoms with Gasteiger partial charge in [0.1, 0.15) is 23.9 Å². The number of carbonyl (C=O) groups is 1. The van der Waals surface area contributed by atoms with Gasteiger partial charge in [-0.2, -0.15) is 0 Å². The van der Waals surface area contributed by atoms with Crippen LogP contribution in [0.4, 0.5) is 0 Å². The first kappa shape index (κ1) is 25.9. The number of nitrogens with one attached hydrogen (secondary N) is 1. The minimum atomic E-state index is -0.0261. The number of carbonyl (C=O) groups excluding carboxylic acids is 1. The van der Waals surface area contributed by atoms with Gasteiger partial charge in [-0.15, -0.1) is 0 Å². The average molecular weight is 513 g/mol. The van der Waals surface area contributed by atoms with E-state index in [0.29, 0.717) is 17.7 Å². The van der Waals surface area contributed by atoms with Gasteiger partial charge in [-0.1, -0.05) is 13.3 Å². The topological polar surface area (TPSA) is 63.8 Å². The number of benzene rings is 3. The van der Waals surface area contributed by atoms with Crippen LogP contribution in [0.3, 0.4) is 0 Å². The minimum Gasteiger partial charge on any atom is -0.497 e. The molecule has 0 spiro atoms. The lowest BCUT2D eigenvalue weighted by molar-refractivity contribution is 0.104. The zero-order valence-corrected chi connectivity index (χ0v) is 22.5. The fourth-order valence-corrected chi connectivity index (χ4v) is 5.31. The molecule has 1 aliphatic heterocycles. The van der Waals surface area contributed by atoms with Gasteiger partial charge in [-0.3, -0.25) is 9.69 Å². The number of rotatable bonds is 10. The lowest BCUT2D eigenvalue weighted by Crippen LogP contribution is -2.33. The van der Waals surface area contributed by atoms with E-state index in [-0.39, 0.29) is 5.78 Å². The van der Waals surface area contributed by atoms with Gasteiger partial charge in [0.05, 0.1) is 31.0 Å². The van der Waals surface area contributed by atoms with Crippen molar-refractivity contribution >= 4 is 16.7 Å². The number of aromatic amines is 1. The number of nitrogens with zero attached hydrogens (tertiary/aromatic N) is 1. The first-order valence-electron chi connectivity index (χ1n) is 13.5. The van der Waals surface area contributed by atoms with E-state index < -0.39 is 0 Å². The van der Waals surface area contributed by atoms with Crippen LogP contribution < -0.4 is 14.2 Å². The SMILES string of the molecule is CCc1cc(OC)cc2[nH]c(-c3ccc(OC)cc3)c(C(=O)c3ccc(OCCN4CCCCC4)cc3)c12. The summed E-state index contributed by atoms with van der Waals surface area (Å²) in [5.74, 6) is 2.29. The summed E-state index contributed by atoms with van der Waals surface area (Å²) < 4.78 is 16.9. The van der Waals surface area contributed by atoms with Crippen LogP contribution >= 0.6 is 0 Å². The van der Waals surface area contributed by atoms with Crippen molar-refractivity contribution in [3.8, 4) is 28.5 Å². The van der Waals surface area contributed by atoms with E-state index in [1.165, 1.54) is 19.3 Å². The van der Waals surface area contributed by atoms with Gasteiger partial charge < -0.3 is 19.2 Å². The second-order valence-corrected chi connectivity index (χ2v) is 9.77. The van der Waals surface area contributed by atoms with Crippen LogP contribution in [0.5, 0.6) is 17.2 Å². The number of aryl methyl sites for hydroxylation is 1. The molecule has 0 saturated carbocycles. The van der Waals surface area contributed by atoms with Crippen molar-refractivity contribution in [1.29, 1.82) is 0 Å². The van der Waals surface area contributed by atoms with E-state index in [2.05, 4.69) is 16.8 Å². The molecule has 1 saturated heterocycles. The monoisotopic (exact) mass is 512 g/mol. The highest BCUT2D eigenvalue weighted by atomic mass is 16.5. The third-order valence-corrected chi connectivity index (χ3v) is 7.42. The minimum absolute atomic E-state index is 0.0261. The van der Waals surface area contributed by atoms with Crippen molar-refractivity contribution in [1.82, 2.24) is 9.88 Å².